The smallest absolute Gasteiger partial charge is 0.166 e. The Morgan fingerprint density at radius 3 is 2.30 bits per heavy atom. The van der Waals surface area contributed by atoms with E-state index in [9.17, 15) is 9.50 Å². The molecule has 0 aromatic heterocycles. The Morgan fingerprint density at radius 1 is 0.933 bits per heavy atom. The number of likely N-dealkylation sites (N-methyl/N-ethyl adjacent to an activating group) is 1. The summed E-state index contributed by atoms with van der Waals surface area (Å²) in [5.74, 6) is 5.01. The summed E-state index contributed by atoms with van der Waals surface area (Å²) < 4.78 is 14.2. The lowest BCUT2D eigenvalue weighted by atomic mass is 10.1. The number of phenols is 1. The highest BCUT2D eigenvalue weighted by atomic mass is 19.1. The molecule has 6 heteroatoms. The Balaban J connectivity index is 1.48. The summed E-state index contributed by atoms with van der Waals surface area (Å²) >= 11 is 0. The number of nitrogens with zero attached hydrogens (tertiary/aromatic N) is 4. The van der Waals surface area contributed by atoms with Crippen LogP contribution in [0.25, 0.3) is 0 Å². The van der Waals surface area contributed by atoms with Crippen LogP contribution in [-0.4, -0.2) is 67.5 Å². The van der Waals surface area contributed by atoms with Crippen LogP contribution < -0.4 is 4.90 Å². The van der Waals surface area contributed by atoms with Crippen LogP contribution in [0.15, 0.2) is 41.5 Å². The molecule has 2 heterocycles. The van der Waals surface area contributed by atoms with E-state index in [4.69, 9.17) is 0 Å². The maximum absolute atomic E-state index is 14.2. The second kappa shape index (κ2) is 9.19. The van der Waals surface area contributed by atoms with Gasteiger partial charge < -0.3 is 14.9 Å². The van der Waals surface area contributed by atoms with Gasteiger partial charge in [-0.25, -0.2) is 4.39 Å². The van der Waals surface area contributed by atoms with E-state index in [0.29, 0.717) is 11.1 Å². The lowest BCUT2D eigenvalue weighted by Crippen LogP contribution is -2.41. The minimum Gasteiger partial charge on any atom is -0.504 e. The summed E-state index contributed by atoms with van der Waals surface area (Å²) in [6.07, 6.45) is 4.00. The molecule has 0 bridgehead atoms. The molecular weight excluding hydrogens is 379 g/mol. The van der Waals surface area contributed by atoms with Crippen molar-refractivity contribution in [2.24, 2.45) is 5.10 Å². The van der Waals surface area contributed by atoms with Gasteiger partial charge in [0.1, 0.15) is 0 Å². The molecule has 2 aromatic carbocycles. The van der Waals surface area contributed by atoms with Crippen LogP contribution in [0.3, 0.4) is 0 Å². The molecule has 2 aliphatic heterocycles. The number of anilines is 1. The second-order valence-corrected chi connectivity index (χ2v) is 7.89. The summed E-state index contributed by atoms with van der Waals surface area (Å²) in [6.45, 7) is 5.69. The van der Waals surface area contributed by atoms with E-state index < -0.39 is 11.6 Å². The van der Waals surface area contributed by atoms with Crippen molar-refractivity contribution in [3.8, 4) is 17.6 Å². The molecule has 2 aromatic rings. The van der Waals surface area contributed by atoms with E-state index in [1.165, 1.54) is 30.8 Å². The van der Waals surface area contributed by atoms with Gasteiger partial charge in [0.05, 0.1) is 6.21 Å². The number of hydrogen-bond donors (Lipinski definition) is 1. The normalized spacial score (nSPS) is 17.4. The van der Waals surface area contributed by atoms with Gasteiger partial charge in [-0.2, -0.15) is 5.10 Å². The van der Waals surface area contributed by atoms with Gasteiger partial charge in [0.2, 0.25) is 0 Å². The second-order valence-electron chi connectivity index (χ2n) is 7.89. The maximum Gasteiger partial charge on any atom is 0.166 e. The molecule has 0 atom stereocenters. The molecule has 2 aliphatic rings. The van der Waals surface area contributed by atoms with Gasteiger partial charge in [0, 0.05) is 61.6 Å². The first-order valence-corrected chi connectivity index (χ1v) is 10.5. The van der Waals surface area contributed by atoms with Crippen molar-refractivity contribution in [3.05, 3.63) is 58.9 Å². The average molecular weight is 407 g/mol. The summed E-state index contributed by atoms with van der Waals surface area (Å²) in [5.41, 5.74) is 2.94. The van der Waals surface area contributed by atoms with Crippen molar-refractivity contribution in [2.75, 3.05) is 51.2 Å². The van der Waals surface area contributed by atoms with Gasteiger partial charge in [0.15, 0.2) is 11.6 Å². The number of piperazine rings is 1. The monoisotopic (exact) mass is 406 g/mol. The van der Waals surface area contributed by atoms with Gasteiger partial charge in [0.25, 0.3) is 0 Å². The first-order chi connectivity index (χ1) is 14.6. The number of benzene rings is 2. The highest BCUT2D eigenvalue weighted by Gasteiger charge is 2.13. The van der Waals surface area contributed by atoms with Gasteiger partial charge >= 0.3 is 0 Å². The van der Waals surface area contributed by atoms with Crippen LogP contribution in [-0.2, 0) is 0 Å². The zero-order valence-corrected chi connectivity index (χ0v) is 17.3. The Kier molecular flexibility index (Phi) is 6.20. The number of hydrazone groups is 1. The van der Waals surface area contributed by atoms with Crippen molar-refractivity contribution < 1.29 is 9.50 Å². The van der Waals surface area contributed by atoms with Gasteiger partial charge in [-0.05, 0) is 56.3 Å². The van der Waals surface area contributed by atoms with Crippen LogP contribution in [0.5, 0.6) is 5.75 Å². The quantitative estimate of drug-likeness (QED) is 0.628. The Morgan fingerprint density at radius 2 is 1.60 bits per heavy atom. The number of halogens is 1. The molecular formula is C24H27FN4O. The highest BCUT2D eigenvalue weighted by Crippen LogP contribution is 2.22. The summed E-state index contributed by atoms with van der Waals surface area (Å²) in [7, 11) is 2.07. The van der Waals surface area contributed by atoms with E-state index in [2.05, 4.69) is 45.9 Å². The minimum absolute atomic E-state index is 0.336. The van der Waals surface area contributed by atoms with Crippen molar-refractivity contribution in [2.45, 2.75) is 12.8 Å². The lowest BCUT2D eigenvalue weighted by Gasteiger charge is -2.30. The zero-order chi connectivity index (χ0) is 20.9. The standard InChI is InChI=1S/C24H27FN4O/c1-27-12-14-29(15-13-27)26-18-21-16-20(17-23(25)24(21)30)5-4-19-6-8-22(9-7-19)28-10-2-3-11-28/h6-9,16-18,30H,2-3,10-15H2,1H3/b26-18+. The molecule has 0 spiro atoms. The van der Waals surface area contributed by atoms with E-state index in [-0.39, 0.29) is 0 Å². The average Bonchev–Trinajstić information content (AvgIpc) is 3.30. The Hall–Kier alpha value is -3.04. The molecule has 30 heavy (non-hydrogen) atoms. The van der Waals surface area contributed by atoms with Crippen LogP contribution in [0.1, 0.15) is 29.5 Å². The Bertz CT molecular complexity index is 963. The Labute approximate surface area is 177 Å². The predicted octanol–water partition coefficient (Wildman–Crippen LogP) is 3.11. The fourth-order valence-corrected chi connectivity index (χ4v) is 3.72. The van der Waals surface area contributed by atoms with E-state index >= 15 is 0 Å². The minimum atomic E-state index is -0.689. The van der Waals surface area contributed by atoms with E-state index in [0.717, 1.165) is 44.8 Å². The van der Waals surface area contributed by atoms with Crippen molar-refractivity contribution >= 4 is 11.9 Å². The third kappa shape index (κ3) is 4.92. The molecule has 1 N–H and O–H groups in total. The number of phenolic OH excluding ortho intramolecular Hbond substituents is 1. The first-order valence-electron chi connectivity index (χ1n) is 10.5. The third-order valence-electron chi connectivity index (χ3n) is 5.62. The fraction of sp³-hybridized carbons (Fsp3) is 0.375. The molecule has 0 radical (unpaired) electrons. The molecule has 0 saturated carbocycles. The van der Waals surface area contributed by atoms with Gasteiger partial charge in [-0.3, -0.25) is 5.01 Å². The third-order valence-corrected chi connectivity index (χ3v) is 5.62. The van der Waals surface area contributed by atoms with Crippen molar-refractivity contribution in [1.29, 1.82) is 0 Å². The van der Waals surface area contributed by atoms with Crippen LogP contribution in [0.4, 0.5) is 10.1 Å². The molecule has 5 nitrogen and oxygen atoms in total. The summed E-state index contributed by atoms with van der Waals surface area (Å²) in [6, 6.07) is 11.1. The largest absolute Gasteiger partial charge is 0.504 e. The molecule has 2 fully saturated rings. The molecule has 156 valence electrons. The van der Waals surface area contributed by atoms with Gasteiger partial charge in [-0.1, -0.05) is 11.8 Å². The van der Waals surface area contributed by atoms with E-state index in [1.807, 2.05) is 17.1 Å². The summed E-state index contributed by atoms with van der Waals surface area (Å²) in [4.78, 5) is 4.61. The number of hydrogen-bond acceptors (Lipinski definition) is 5. The molecule has 0 amide bonds. The SMILES string of the molecule is CN1CCN(/N=C/c2cc(C#Cc3ccc(N4CCCC4)cc3)cc(F)c2O)CC1. The van der Waals surface area contributed by atoms with Gasteiger partial charge in [-0.15, -0.1) is 0 Å². The molecule has 4 rings (SSSR count). The first kappa shape index (κ1) is 20.2. The molecule has 2 saturated heterocycles. The van der Waals surface area contributed by atoms with Crippen LogP contribution in [0.2, 0.25) is 0 Å². The van der Waals surface area contributed by atoms with Crippen molar-refractivity contribution in [1.82, 2.24) is 9.91 Å². The number of aromatic hydroxyl groups is 1. The predicted molar refractivity (Wildman–Crippen MR) is 119 cm³/mol. The maximum atomic E-state index is 14.2. The summed E-state index contributed by atoms with van der Waals surface area (Å²) in [5, 5.41) is 16.4. The number of rotatable bonds is 3. The van der Waals surface area contributed by atoms with Crippen LogP contribution in [0, 0.1) is 17.7 Å². The zero-order valence-electron chi connectivity index (χ0n) is 17.3. The highest BCUT2D eigenvalue weighted by molar-refractivity contribution is 5.84. The lowest BCUT2D eigenvalue weighted by molar-refractivity contribution is 0.159. The molecule has 0 aliphatic carbocycles. The van der Waals surface area contributed by atoms with E-state index in [1.54, 1.807) is 6.07 Å². The molecule has 0 unspecified atom stereocenters. The van der Waals surface area contributed by atoms with Crippen LogP contribution >= 0.6 is 0 Å². The fourth-order valence-electron chi connectivity index (χ4n) is 3.72. The van der Waals surface area contributed by atoms with Crippen molar-refractivity contribution in [3.63, 3.8) is 0 Å². The topological polar surface area (TPSA) is 42.3 Å².